The number of hydrogen-bond acceptors (Lipinski definition) is 4. The van der Waals surface area contributed by atoms with Crippen LogP contribution < -0.4 is 4.90 Å². The summed E-state index contributed by atoms with van der Waals surface area (Å²) < 4.78 is 5.49. The maximum Gasteiger partial charge on any atom is 0.196 e. The predicted molar refractivity (Wildman–Crippen MR) is 74.7 cm³/mol. The molecular weight excluding hydrogens is 240 g/mol. The maximum absolute atomic E-state index is 10.6. The lowest BCUT2D eigenvalue weighted by Crippen LogP contribution is -2.37. The van der Waals surface area contributed by atoms with E-state index in [-0.39, 0.29) is 0 Å². The quantitative estimate of drug-likeness (QED) is 0.781. The van der Waals surface area contributed by atoms with Crippen LogP contribution in [0.4, 0.5) is 5.88 Å². The Kier molecular flexibility index (Phi) is 3.87. The lowest BCUT2D eigenvalue weighted by Gasteiger charge is -2.33. The number of furan rings is 1. The van der Waals surface area contributed by atoms with Gasteiger partial charge in [-0.15, -0.1) is 0 Å². The van der Waals surface area contributed by atoms with E-state index in [9.17, 15) is 4.79 Å². The van der Waals surface area contributed by atoms with Gasteiger partial charge in [0.2, 0.25) is 0 Å². The summed E-state index contributed by atoms with van der Waals surface area (Å²) in [6.07, 6.45) is 5.98. The van der Waals surface area contributed by atoms with Crippen molar-refractivity contribution in [1.29, 1.82) is 0 Å². The number of aldehydes is 1. The molecule has 4 heteroatoms. The molecule has 0 N–H and O–H groups in total. The van der Waals surface area contributed by atoms with Crippen molar-refractivity contribution in [3.63, 3.8) is 0 Å². The topological polar surface area (TPSA) is 36.7 Å². The van der Waals surface area contributed by atoms with Gasteiger partial charge in [0, 0.05) is 25.7 Å². The summed E-state index contributed by atoms with van der Waals surface area (Å²) in [6, 6.07) is 3.66. The summed E-state index contributed by atoms with van der Waals surface area (Å²) in [7, 11) is 0. The highest BCUT2D eigenvalue weighted by Crippen LogP contribution is 2.26. The Balaban J connectivity index is 1.49. The van der Waals surface area contributed by atoms with E-state index >= 15 is 0 Å². The second-order valence-corrected chi connectivity index (χ2v) is 5.73. The predicted octanol–water partition coefficient (Wildman–Crippen LogP) is 2.40. The highest BCUT2D eigenvalue weighted by molar-refractivity contribution is 5.71. The van der Waals surface area contributed by atoms with Crippen molar-refractivity contribution in [1.82, 2.24) is 4.90 Å². The number of hydrogen-bond donors (Lipinski definition) is 0. The minimum atomic E-state index is 0.425. The molecule has 0 saturated carbocycles. The Morgan fingerprint density at radius 2 is 1.89 bits per heavy atom. The first kappa shape index (κ1) is 12.7. The number of nitrogens with zero attached hydrogens (tertiary/aromatic N) is 2. The third kappa shape index (κ3) is 3.00. The third-order valence-corrected chi connectivity index (χ3v) is 4.37. The fourth-order valence-corrected chi connectivity index (χ4v) is 3.24. The first-order chi connectivity index (χ1) is 9.35. The SMILES string of the molecule is O=Cc1ccc(N2CCC(CN3CCCC3)CC2)o1. The van der Waals surface area contributed by atoms with Gasteiger partial charge in [-0.25, -0.2) is 0 Å². The molecule has 2 aliphatic rings. The summed E-state index contributed by atoms with van der Waals surface area (Å²) >= 11 is 0. The molecule has 2 saturated heterocycles. The molecule has 3 rings (SSSR count). The Labute approximate surface area is 114 Å². The first-order valence-electron chi connectivity index (χ1n) is 7.37. The van der Waals surface area contributed by atoms with Crippen molar-refractivity contribution < 1.29 is 9.21 Å². The van der Waals surface area contributed by atoms with Crippen molar-refractivity contribution in [3.8, 4) is 0 Å². The number of rotatable bonds is 4. The average molecular weight is 262 g/mol. The average Bonchev–Trinajstić information content (AvgIpc) is 3.10. The van der Waals surface area contributed by atoms with Gasteiger partial charge in [-0.05, 0) is 50.8 Å². The van der Waals surface area contributed by atoms with Gasteiger partial charge in [0.15, 0.2) is 17.9 Å². The zero-order valence-electron chi connectivity index (χ0n) is 11.4. The van der Waals surface area contributed by atoms with Crippen LogP contribution in [0.2, 0.25) is 0 Å². The molecule has 0 radical (unpaired) electrons. The molecule has 2 fully saturated rings. The van der Waals surface area contributed by atoms with E-state index in [1.165, 1.54) is 45.3 Å². The van der Waals surface area contributed by atoms with Crippen molar-refractivity contribution >= 4 is 12.2 Å². The van der Waals surface area contributed by atoms with Crippen molar-refractivity contribution in [3.05, 3.63) is 17.9 Å². The fourth-order valence-electron chi connectivity index (χ4n) is 3.24. The van der Waals surface area contributed by atoms with Crippen LogP contribution in [-0.4, -0.2) is 43.9 Å². The standard InChI is InChI=1S/C15H22N2O2/c18-12-14-3-4-15(19-14)17-9-5-13(6-10-17)11-16-7-1-2-8-16/h3-4,12-13H,1-2,5-11H2. The van der Waals surface area contributed by atoms with E-state index in [2.05, 4.69) is 9.80 Å². The molecule has 0 aliphatic carbocycles. The fraction of sp³-hybridized carbons (Fsp3) is 0.667. The minimum absolute atomic E-state index is 0.425. The van der Waals surface area contributed by atoms with Gasteiger partial charge < -0.3 is 14.2 Å². The summed E-state index contributed by atoms with van der Waals surface area (Å²) in [5, 5.41) is 0. The summed E-state index contributed by atoms with van der Waals surface area (Å²) in [4.78, 5) is 15.5. The molecule has 19 heavy (non-hydrogen) atoms. The van der Waals surface area contributed by atoms with Gasteiger partial charge in [0.1, 0.15) is 0 Å². The minimum Gasteiger partial charge on any atom is -0.438 e. The van der Waals surface area contributed by atoms with E-state index in [1.807, 2.05) is 6.07 Å². The van der Waals surface area contributed by atoms with Gasteiger partial charge in [-0.2, -0.15) is 0 Å². The van der Waals surface area contributed by atoms with Gasteiger partial charge in [-0.3, -0.25) is 4.79 Å². The van der Waals surface area contributed by atoms with Crippen LogP contribution >= 0.6 is 0 Å². The number of carbonyl (C=O) groups excluding carboxylic acids is 1. The summed E-state index contributed by atoms with van der Waals surface area (Å²) in [6.45, 7) is 5.95. The second-order valence-electron chi connectivity index (χ2n) is 5.73. The third-order valence-electron chi connectivity index (χ3n) is 4.37. The lowest BCUT2D eigenvalue weighted by molar-refractivity contribution is 0.110. The molecule has 0 amide bonds. The molecule has 104 valence electrons. The molecule has 2 aliphatic heterocycles. The lowest BCUT2D eigenvalue weighted by atomic mass is 9.96. The van der Waals surface area contributed by atoms with Crippen LogP contribution in [0.25, 0.3) is 0 Å². The largest absolute Gasteiger partial charge is 0.438 e. The molecule has 1 aromatic rings. The van der Waals surface area contributed by atoms with Crippen LogP contribution in [0.5, 0.6) is 0 Å². The van der Waals surface area contributed by atoms with Crippen molar-refractivity contribution in [2.45, 2.75) is 25.7 Å². The smallest absolute Gasteiger partial charge is 0.196 e. The van der Waals surface area contributed by atoms with Gasteiger partial charge in [-0.1, -0.05) is 0 Å². The van der Waals surface area contributed by atoms with Crippen molar-refractivity contribution in [2.75, 3.05) is 37.6 Å². The van der Waals surface area contributed by atoms with Crippen molar-refractivity contribution in [2.24, 2.45) is 5.92 Å². The van der Waals surface area contributed by atoms with Crippen LogP contribution in [0.3, 0.4) is 0 Å². The van der Waals surface area contributed by atoms with Gasteiger partial charge in [0.25, 0.3) is 0 Å². The monoisotopic (exact) mass is 262 g/mol. The van der Waals surface area contributed by atoms with Crippen LogP contribution in [0.15, 0.2) is 16.5 Å². The number of carbonyl (C=O) groups is 1. The number of likely N-dealkylation sites (tertiary alicyclic amines) is 1. The first-order valence-corrected chi connectivity index (χ1v) is 7.37. The normalized spacial score (nSPS) is 22.0. The molecule has 4 nitrogen and oxygen atoms in total. The van der Waals surface area contributed by atoms with Crippen LogP contribution in [0.1, 0.15) is 36.2 Å². The second kappa shape index (κ2) is 5.78. The molecule has 3 heterocycles. The van der Waals surface area contributed by atoms with E-state index in [1.54, 1.807) is 6.07 Å². The molecule has 1 aromatic heterocycles. The molecule has 0 atom stereocenters. The Hall–Kier alpha value is -1.29. The van der Waals surface area contributed by atoms with E-state index in [0.29, 0.717) is 5.76 Å². The van der Waals surface area contributed by atoms with E-state index < -0.39 is 0 Å². The Morgan fingerprint density at radius 3 is 2.53 bits per heavy atom. The van der Waals surface area contributed by atoms with Crippen LogP contribution in [0, 0.1) is 5.92 Å². The van der Waals surface area contributed by atoms with E-state index in [4.69, 9.17) is 4.42 Å². The molecule has 0 bridgehead atoms. The highest BCUT2D eigenvalue weighted by atomic mass is 16.4. The Bertz CT molecular complexity index is 416. The zero-order chi connectivity index (χ0) is 13.1. The molecular formula is C15H22N2O2. The van der Waals surface area contributed by atoms with Gasteiger partial charge >= 0.3 is 0 Å². The number of piperidine rings is 1. The molecule has 0 spiro atoms. The zero-order valence-corrected chi connectivity index (χ0v) is 11.4. The number of anilines is 1. The van der Waals surface area contributed by atoms with Gasteiger partial charge in [0.05, 0.1) is 0 Å². The molecule has 0 aromatic carbocycles. The maximum atomic E-state index is 10.6. The van der Waals surface area contributed by atoms with E-state index in [0.717, 1.165) is 31.2 Å². The Morgan fingerprint density at radius 1 is 1.16 bits per heavy atom. The summed E-state index contributed by atoms with van der Waals surface area (Å²) in [5.74, 6) is 2.10. The van der Waals surface area contributed by atoms with Crippen LogP contribution in [-0.2, 0) is 0 Å². The molecule has 0 unspecified atom stereocenters. The highest BCUT2D eigenvalue weighted by Gasteiger charge is 2.24. The summed E-state index contributed by atoms with van der Waals surface area (Å²) in [5.41, 5.74) is 0.